The topological polar surface area (TPSA) is 58.6 Å². The quantitative estimate of drug-likeness (QED) is 0.708. The van der Waals surface area contributed by atoms with Gasteiger partial charge in [0.1, 0.15) is 11.5 Å². The Morgan fingerprint density at radius 2 is 1.72 bits per heavy atom. The van der Waals surface area contributed by atoms with E-state index in [1.165, 1.54) is 17.7 Å². The van der Waals surface area contributed by atoms with Gasteiger partial charge in [-0.25, -0.2) is 0 Å². The third kappa shape index (κ3) is 4.85. The molecule has 25 heavy (non-hydrogen) atoms. The number of aromatic hydroxyl groups is 1. The average molecular weight is 333 g/mol. The van der Waals surface area contributed by atoms with Gasteiger partial charge in [-0.3, -0.25) is 4.79 Å². The zero-order valence-corrected chi connectivity index (χ0v) is 13.7. The second kappa shape index (κ2) is 8.02. The predicted molar refractivity (Wildman–Crippen MR) is 98.1 cm³/mol. The zero-order valence-electron chi connectivity index (χ0n) is 13.7. The first-order chi connectivity index (χ1) is 12.2. The zero-order chi connectivity index (χ0) is 17.5. The van der Waals surface area contributed by atoms with Crippen LogP contribution in [0.5, 0.6) is 11.5 Å². The lowest BCUT2D eigenvalue weighted by atomic mass is 10.2. The fraction of sp³-hybridized carbons (Fsp3) is 0.0952. The molecule has 126 valence electrons. The van der Waals surface area contributed by atoms with Crippen molar-refractivity contribution in [1.29, 1.82) is 0 Å². The lowest BCUT2D eigenvalue weighted by molar-refractivity contribution is 0.102. The van der Waals surface area contributed by atoms with Crippen LogP contribution in [0.2, 0.25) is 0 Å². The highest BCUT2D eigenvalue weighted by atomic mass is 16.5. The van der Waals surface area contributed by atoms with Gasteiger partial charge in [0, 0.05) is 23.7 Å². The second-order valence-corrected chi connectivity index (χ2v) is 5.62. The molecule has 0 atom stereocenters. The number of benzene rings is 3. The van der Waals surface area contributed by atoms with Gasteiger partial charge in [0.2, 0.25) is 0 Å². The molecule has 0 aromatic heterocycles. The van der Waals surface area contributed by atoms with Crippen LogP contribution in [0.15, 0.2) is 78.9 Å². The normalized spacial score (nSPS) is 10.2. The van der Waals surface area contributed by atoms with Crippen LogP contribution >= 0.6 is 0 Å². The third-order valence-electron chi connectivity index (χ3n) is 3.70. The minimum Gasteiger partial charge on any atom is -0.508 e. The number of nitrogens with one attached hydrogen (secondary N) is 1. The molecule has 0 radical (unpaired) electrons. The second-order valence-electron chi connectivity index (χ2n) is 5.62. The number of anilines is 1. The van der Waals surface area contributed by atoms with Crippen molar-refractivity contribution in [2.75, 3.05) is 11.9 Å². The molecule has 0 heterocycles. The minimum atomic E-state index is -0.280. The number of ether oxygens (including phenoxy) is 1. The molecule has 4 heteroatoms. The van der Waals surface area contributed by atoms with Crippen molar-refractivity contribution in [3.05, 3.63) is 90.0 Å². The SMILES string of the molecule is O=C(Nc1cccc(OCCc2ccccc2)c1)c1cccc(O)c1. The van der Waals surface area contributed by atoms with E-state index < -0.39 is 0 Å². The molecule has 0 saturated carbocycles. The molecule has 0 bridgehead atoms. The highest BCUT2D eigenvalue weighted by Crippen LogP contribution is 2.19. The fourth-order valence-electron chi connectivity index (χ4n) is 2.45. The van der Waals surface area contributed by atoms with Crippen molar-refractivity contribution < 1.29 is 14.6 Å². The summed E-state index contributed by atoms with van der Waals surface area (Å²) in [5, 5.41) is 12.3. The maximum absolute atomic E-state index is 12.2. The van der Waals surface area contributed by atoms with E-state index in [-0.39, 0.29) is 11.7 Å². The van der Waals surface area contributed by atoms with Crippen molar-refractivity contribution in [2.24, 2.45) is 0 Å². The Kier molecular flexibility index (Phi) is 5.32. The lowest BCUT2D eigenvalue weighted by Crippen LogP contribution is -2.11. The number of phenolic OH excluding ortho intramolecular Hbond substituents is 1. The molecular weight excluding hydrogens is 314 g/mol. The average Bonchev–Trinajstić information content (AvgIpc) is 2.63. The molecule has 4 nitrogen and oxygen atoms in total. The summed E-state index contributed by atoms with van der Waals surface area (Å²) in [6, 6.07) is 23.6. The van der Waals surface area contributed by atoms with Gasteiger partial charge in [0.15, 0.2) is 0 Å². The number of hydrogen-bond acceptors (Lipinski definition) is 3. The summed E-state index contributed by atoms with van der Waals surface area (Å²) in [7, 11) is 0. The summed E-state index contributed by atoms with van der Waals surface area (Å²) >= 11 is 0. The Hall–Kier alpha value is -3.27. The Morgan fingerprint density at radius 1 is 0.920 bits per heavy atom. The predicted octanol–water partition coefficient (Wildman–Crippen LogP) is 4.27. The minimum absolute atomic E-state index is 0.0608. The van der Waals surface area contributed by atoms with Crippen LogP contribution in [-0.4, -0.2) is 17.6 Å². The Morgan fingerprint density at radius 3 is 2.52 bits per heavy atom. The molecule has 0 spiro atoms. The van der Waals surface area contributed by atoms with Crippen LogP contribution in [0, 0.1) is 0 Å². The van der Waals surface area contributed by atoms with Gasteiger partial charge in [0.05, 0.1) is 6.61 Å². The molecule has 0 aliphatic carbocycles. The van der Waals surface area contributed by atoms with Crippen molar-refractivity contribution in [3.8, 4) is 11.5 Å². The molecule has 0 saturated heterocycles. The number of hydrogen-bond donors (Lipinski definition) is 2. The summed E-state index contributed by atoms with van der Waals surface area (Å²) in [5.41, 5.74) is 2.26. The number of amides is 1. The Labute approximate surface area is 146 Å². The molecule has 2 N–H and O–H groups in total. The summed E-state index contributed by atoms with van der Waals surface area (Å²) in [4.78, 5) is 12.2. The van der Waals surface area contributed by atoms with Crippen molar-refractivity contribution in [3.63, 3.8) is 0 Å². The maximum Gasteiger partial charge on any atom is 0.255 e. The third-order valence-corrected chi connectivity index (χ3v) is 3.70. The Bertz CT molecular complexity index is 847. The molecular formula is C21H19NO3. The van der Waals surface area contributed by atoms with E-state index in [4.69, 9.17) is 4.74 Å². The highest BCUT2D eigenvalue weighted by molar-refractivity contribution is 6.04. The molecule has 0 aliphatic heterocycles. The van der Waals surface area contributed by atoms with E-state index in [9.17, 15) is 9.90 Å². The lowest BCUT2D eigenvalue weighted by Gasteiger charge is -2.09. The van der Waals surface area contributed by atoms with Gasteiger partial charge in [-0.1, -0.05) is 42.5 Å². The van der Waals surface area contributed by atoms with Crippen LogP contribution in [0.25, 0.3) is 0 Å². The van der Waals surface area contributed by atoms with Gasteiger partial charge in [-0.15, -0.1) is 0 Å². The van der Waals surface area contributed by atoms with Gasteiger partial charge in [-0.2, -0.15) is 0 Å². The molecule has 1 amide bonds. The summed E-state index contributed by atoms with van der Waals surface area (Å²) < 4.78 is 5.77. The first-order valence-corrected chi connectivity index (χ1v) is 8.08. The van der Waals surface area contributed by atoms with Crippen molar-refractivity contribution >= 4 is 11.6 Å². The number of rotatable bonds is 6. The number of carbonyl (C=O) groups is 1. The summed E-state index contributed by atoms with van der Waals surface area (Å²) in [5.74, 6) is 0.479. The fourth-order valence-corrected chi connectivity index (χ4v) is 2.45. The summed E-state index contributed by atoms with van der Waals surface area (Å²) in [6.45, 7) is 0.563. The van der Waals surface area contributed by atoms with E-state index in [0.717, 1.165) is 6.42 Å². The smallest absolute Gasteiger partial charge is 0.255 e. The van der Waals surface area contributed by atoms with E-state index in [2.05, 4.69) is 17.4 Å². The van der Waals surface area contributed by atoms with E-state index in [1.54, 1.807) is 24.3 Å². The first-order valence-electron chi connectivity index (χ1n) is 8.08. The maximum atomic E-state index is 12.2. The standard InChI is InChI=1S/C21H19NO3/c23-19-10-4-8-17(14-19)21(24)22-18-9-5-11-20(15-18)25-13-12-16-6-2-1-3-7-16/h1-11,14-15,23H,12-13H2,(H,22,24). The van der Waals surface area contributed by atoms with Crippen LogP contribution < -0.4 is 10.1 Å². The number of carbonyl (C=O) groups excluding carboxylic acids is 1. The molecule has 3 rings (SSSR count). The van der Waals surface area contributed by atoms with Crippen molar-refractivity contribution in [1.82, 2.24) is 0 Å². The van der Waals surface area contributed by atoms with E-state index in [1.807, 2.05) is 30.3 Å². The van der Waals surface area contributed by atoms with Crippen LogP contribution in [-0.2, 0) is 6.42 Å². The van der Waals surface area contributed by atoms with Crippen LogP contribution in [0.4, 0.5) is 5.69 Å². The van der Waals surface area contributed by atoms with Gasteiger partial charge in [0.25, 0.3) is 5.91 Å². The van der Waals surface area contributed by atoms with Gasteiger partial charge >= 0.3 is 0 Å². The highest BCUT2D eigenvalue weighted by Gasteiger charge is 2.07. The molecule has 3 aromatic rings. The first kappa shape index (κ1) is 16.6. The largest absolute Gasteiger partial charge is 0.508 e. The van der Waals surface area contributed by atoms with Crippen molar-refractivity contribution in [2.45, 2.75) is 6.42 Å². The molecule has 3 aromatic carbocycles. The van der Waals surface area contributed by atoms with E-state index >= 15 is 0 Å². The number of phenols is 1. The van der Waals surface area contributed by atoms with Crippen LogP contribution in [0.3, 0.4) is 0 Å². The summed E-state index contributed by atoms with van der Waals surface area (Å²) in [6.07, 6.45) is 0.820. The monoisotopic (exact) mass is 333 g/mol. The van der Waals surface area contributed by atoms with Gasteiger partial charge < -0.3 is 15.2 Å². The van der Waals surface area contributed by atoms with Crippen LogP contribution in [0.1, 0.15) is 15.9 Å². The molecule has 0 fully saturated rings. The Balaban J connectivity index is 1.58. The van der Waals surface area contributed by atoms with E-state index in [0.29, 0.717) is 23.6 Å². The van der Waals surface area contributed by atoms with Gasteiger partial charge in [-0.05, 0) is 35.9 Å². The molecule has 0 unspecified atom stereocenters. The molecule has 0 aliphatic rings.